The third-order valence-electron chi connectivity index (χ3n) is 5.25. The lowest BCUT2D eigenvalue weighted by Crippen LogP contribution is -2.31. The Morgan fingerprint density at radius 1 is 1.07 bits per heavy atom. The number of hydrogen-bond donors (Lipinski definition) is 1. The predicted molar refractivity (Wildman–Crippen MR) is 112 cm³/mol. The first-order valence-corrected chi connectivity index (χ1v) is 9.88. The molecule has 0 aliphatic carbocycles. The van der Waals surface area contributed by atoms with Crippen molar-refractivity contribution in [2.24, 2.45) is 0 Å². The standard InChI is InChI=1S/C24H27NO4/c1-16(2)17-10-12-18(13-11-17)21-20(22(26)19-8-5-4-6-9-19)23(27)24(28)25(21)14-7-15-29-3/h4-6,8-13,16,21,26H,7,14-15H2,1-3H3/b22-20+/t21-/m0/s1. The number of methoxy groups -OCH3 is 1. The highest BCUT2D eigenvalue weighted by Gasteiger charge is 2.45. The molecule has 0 bridgehead atoms. The molecule has 1 aliphatic rings. The minimum Gasteiger partial charge on any atom is -0.507 e. The maximum atomic E-state index is 12.9. The lowest BCUT2D eigenvalue weighted by molar-refractivity contribution is -0.140. The Bertz CT molecular complexity index is 900. The second-order valence-corrected chi connectivity index (χ2v) is 7.53. The number of likely N-dealkylation sites (tertiary alicyclic amines) is 1. The average molecular weight is 393 g/mol. The third-order valence-corrected chi connectivity index (χ3v) is 5.25. The van der Waals surface area contributed by atoms with Gasteiger partial charge in [0.15, 0.2) is 0 Å². The van der Waals surface area contributed by atoms with Gasteiger partial charge in [-0.25, -0.2) is 0 Å². The molecule has 152 valence electrons. The summed E-state index contributed by atoms with van der Waals surface area (Å²) >= 11 is 0. The second-order valence-electron chi connectivity index (χ2n) is 7.53. The molecule has 2 aromatic rings. The number of ether oxygens (including phenoxy) is 1. The predicted octanol–water partition coefficient (Wildman–Crippen LogP) is 4.27. The van der Waals surface area contributed by atoms with E-state index in [9.17, 15) is 14.7 Å². The normalized spacial score (nSPS) is 18.6. The van der Waals surface area contributed by atoms with Crippen molar-refractivity contribution in [2.45, 2.75) is 32.2 Å². The highest BCUT2D eigenvalue weighted by atomic mass is 16.5. The summed E-state index contributed by atoms with van der Waals surface area (Å²) in [7, 11) is 1.60. The number of Topliss-reactive ketones (excluding diaryl/α,β-unsaturated/α-hetero) is 1. The van der Waals surface area contributed by atoms with Crippen LogP contribution in [0.25, 0.3) is 5.76 Å². The van der Waals surface area contributed by atoms with E-state index >= 15 is 0 Å². The number of ketones is 1. The van der Waals surface area contributed by atoms with E-state index in [1.54, 1.807) is 36.3 Å². The Kier molecular flexibility index (Phi) is 6.49. The first-order valence-electron chi connectivity index (χ1n) is 9.88. The Balaban J connectivity index is 2.09. The minimum absolute atomic E-state index is 0.135. The fraction of sp³-hybridized carbons (Fsp3) is 0.333. The summed E-state index contributed by atoms with van der Waals surface area (Å²) in [5.74, 6) is -1.00. The van der Waals surface area contributed by atoms with Crippen LogP contribution in [0.15, 0.2) is 60.2 Å². The van der Waals surface area contributed by atoms with Crippen molar-refractivity contribution in [3.8, 4) is 0 Å². The number of carbonyl (C=O) groups excluding carboxylic acids is 2. The second kappa shape index (κ2) is 9.05. The molecule has 29 heavy (non-hydrogen) atoms. The molecule has 0 unspecified atom stereocenters. The number of carbonyl (C=O) groups is 2. The van der Waals surface area contributed by atoms with E-state index in [4.69, 9.17) is 4.74 Å². The minimum atomic E-state index is -0.651. The highest BCUT2D eigenvalue weighted by Crippen LogP contribution is 2.39. The Hall–Kier alpha value is -2.92. The Labute approximate surface area is 171 Å². The van der Waals surface area contributed by atoms with E-state index in [0.29, 0.717) is 31.1 Å². The lowest BCUT2D eigenvalue weighted by atomic mass is 9.93. The molecule has 5 nitrogen and oxygen atoms in total. The number of hydrogen-bond acceptors (Lipinski definition) is 4. The summed E-state index contributed by atoms with van der Waals surface area (Å²) in [6, 6.07) is 16.2. The molecule has 1 N–H and O–H groups in total. The topological polar surface area (TPSA) is 66.8 Å². The molecule has 0 saturated carbocycles. The van der Waals surface area contributed by atoms with Gasteiger partial charge < -0.3 is 14.7 Å². The zero-order valence-corrected chi connectivity index (χ0v) is 17.1. The molecule has 2 aromatic carbocycles. The zero-order valence-electron chi connectivity index (χ0n) is 17.1. The van der Waals surface area contributed by atoms with Gasteiger partial charge in [0.2, 0.25) is 0 Å². The molecule has 1 saturated heterocycles. The van der Waals surface area contributed by atoms with E-state index in [-0.39, 0.29) is 11.3 Å². The number of aliphatic hydroxyl groups excluding tert-OH is 1. The monoisotopic (exact) mass is 393 g/mol. The lowest BCUT2D eigenvalue weighted by Gasteiger charge is -2.25. The summed E-state index contributed by atoms with van der Waals surface area (Å²) in [5, 5.41) is 10.9. The molecule has 0 radical (unpaired) electrons. The van der Waals surface area contributed by atoms with Gasteiger partial charge in [-0.3, -0.25) is 9.59 Å². The van der Waals surface area contributed by atoms with Gasteiger partial charge in [0, 0.05) is 25.8 Å². The van der Waals surface area contributed by atoms with E-state index < -0.39 is 17.7 Å². The maximum Gasteiger partial charge on any atom is 0.295 e. The molecule has 0 spiro atoms. The molecule has 1 amide bonds. The van der Waals surface area contributed by atoms with Crippen LogP contribution in [-0.4, -0.2) is 42.0 Å². The van der Waals surface area contributed by atoms with Crippen molar-refractivity contribution in [1.82, 2.24) is 4.90 Å². The van der Waals surface area contributed by atoms with Gasteiger partial charge in [-0.05, 0) is 23.5 Å². The SMILES string of the molecule is COCCCN1C(=O)C(=O)/C(=C(/O)c2ccccc2)[C@@H]1c1ccc(C(C)C)cc1. The first kappa shape index (κ1) is 20.8. The van der Waals surface area contributed by atoms with Gasteiger partial charge in [-0.15, -0.1) is 0 Å². The number of nitrogens with zero attached hydrogens (tertiary/aromatic N) is 1. The molecule has 1 fully saturated rings. The molecular formula is C24H27NO4. The van der Waals surface area contributed by atoms with E-state index in [2.05, 4.69) is 13.8 Å². The van der Waals surface area contributed by atoms with Crippen molar-refractivity contribution in [3.63, 3.8) is 0 Å². The maximum absolute atomic E-state index is 12.9. The fourth-order valence-corrected chi connectivity index (χ4v) is 3.65. The van der Waals surface area contributed by atoms with Crippen LogP contribution in [0.1, 0.15) is 48.9 Å². The summed E-state index contributed by atoms with van der Waals surface area (Å²) in [6.45, 7) is 5.09. The molecule has 3 rings (SSSR count). The number of rotatable bonds is 7. The molecule has 1 atom stereocenters. The van der Waals surface area contributed by atoms with Crippen LogP contribution in [-0.2, 0) is 14.3 Å². The van der Waals surface area contributed by atoms with Gasteiger partial charge in [0.1, 0.15) is 5.76 Å². The summed E-state index contributed by atoms with van der Waals surface area (Å²) in [5.41, 5.74) is 2.64. The van der Waals surface area contributed by atoms with Crippen LogP contribution < -0.4 is 0 Å². The summed E-state index contributed by atoms with van der Waals surface area (Å²) in [6.07, 6.45) is 0.607. The Morgan fingerprint density at radius 3 is 2.31 bits per heavy atom. The number of benzene rings is 2. The van der Waals surface area contributed by atoms with E-state index in [1.165, 1.54) is 5.56 Å². The van der Waals surface area contributed by atoms with Gasteiger partial charge in [0.05, 0.1) is 11.6 Å². The Morgan fingerprint density at radius 2 is 1.72 bits per heavy atom. The fourth-order valence-electron chi connectivity index (χ4n) is 3.65. The van der Waals surface area contributed by atoms with Crippen LogP contribution in [0.3, 0.4) is 0 Å². The smallest absolute Gasteiger partial charge is 0.295 e. The van der Waals surface area contributed by atoms with E-state index in [1.807, 2.05) is 30.3 Å². The van der Waals surface area contributed by atoms with Crippen molar-refractivity contribution in [1.29, 1.82) is 0 Å². The van der Waals surface area contributed by atoms with Gasteiger partial charge in [0.25, 0.3) is 11.7 Å². The van der Waals surface area contributed by atoms with Crippen LogP contribution in [0.5, 0.6) is 0 Å². The van der Waals surface area contributed by atoms with Crippen LogP contribution in [0, 0.1) is 0 Å². The molecule has 1 heterocycles. The van der Waals surface area contributed by atoms with Crippen molar-refractivity contribution in [2.75, 3.05) is 20.3 Å². The van der Waals surface area contributed by atoms with Crippen molar-refractivity contribution >= 4 is 17.4 Å². The summed E-state index contributed by atoms with van der Waals surface area (Å²) < 4.78 is 5.11. The van der Waals surface area contributed by atoms with Gasteiger partial charge >= 0.3 is 0 Å². The quantitative estimate of drug-likeness (QED) is 0.330. The zero-order chi connectivity index (χ0) is 21.0. The largest absolute Gasteiger partial charge is 0.507 e. The van der Waals surface area contributed by atoms with Crippen molar-refractivity contribution < 1.29 is 19.4 Å². The van der Waals surface area contributed by atoms with Crippen LogP contribution in [0.2, 0.25) is 0 Å². The molecule has 1 aliphatic heterocycles. The number of amides is 1. The van der Waals surface area contributed by atoms with Gasteiger partial charge in [-0.2, -0.15) is 0 Å². The average Bonchev–Trinajstić information content (AvgIpc) is 2.99. The van der Waals surface area contributed by atoms with Crippen LogP contribution in [0.4, 0.5) is 0 Å². The first-order chi connectivity index (χ1) is 14.0. The van der Waals surface area contributed by atoms with Gasteiger partial charge in [-0.1, -0.05) is 68.4 Å². The van der Waals surface area contributed by atoms with Crippen molar-refractivity contribution in [3.05, 3.63) is 76.9 Å². The molecule has 0 aromatic heterocycles. The van der Waals surface area contributed by atoms with Crippen LogP contribution >= 0.6 is 0 Å². The third kappa shape index (κ3) is 4.25. The molecular weight excluding hydrogens is 366 g/mol. The number of aliphatic hydroxyl groups is 1. The highest BCUT2D eigenvalue weighted by molar-refractivity contribution is 6.46. The summed E-state index contributed by atoms with van der Waals surface area (Å²) in [4.78, 5) is 27.2. The van der Waals surface area contributed by atoms with E-state index in [0.717, 1.165) is 5.56 Å². The molecule has 5 heteroatoms.